The van der Waals surface area contributed by atoms with Gasteiger partial charge in [0.1, 0.15) is 11.5 Å². The van der Waals surface area contributed by atoms with E-state index in [1.165, 1.54) is 29.2 Å². The summed E-state index contributed by atoms with van der Waals surface area (Å²) in [5.41, 5.74) is 4.16. The Morgan fingerprint density at radius 3 is 2.23 bits per heavy atom. The number of anilines is 1. The van der Waals surface area contributed by atoms with Crippen molar-refractivity contribution in [2.24, 2.45) is 0 Å². The maximum Gasteiger partial charge on any atom is 0.463 e. The zero-order chi connectivity index (χ0) is 22.4. The number of hydrogen-bond acceptors (Lipinski definition) is 4. The van der Waals surface area contributed by atoms with Crippen molar-refractivity contribution >= 4 is 11.9 Å². The van der Waals surface area contributed by atoms with E-state index in [2.05, 4.69) is 15.4 Å². The number of nitrogens with zero attached hydrogens (tertiary/aromatic N) is 4. The smallest absolute Gasteiger partial charge is 0.321 e. The number of hydrogen-bond donors (Lipinski definition) is 1. The number of fused-ring (bicyclic) bond motifs is 1. The van der Waals surface area contributed by atoms with Crippen LogP contribution in [-0.4, -0.2) is 45.7 Å². The fourth-order valence-electron chi connectivity index (χ4n) is 3.18. The molecule has 0 atom stereocenters. The Morgan fingerprint density at radius 2 is 1.61 bits per heavy atom. The third kappa shape index (κ3) is 3.47. The Labute approximate surface area is 171 Å². The molecule has 31 heavy (non-hydrogen) atoms. The van der Waals surface area contributed by atoms with Crippen molar-refractivity contribution in [3.8, 4) is 22.5 Å². The molecule has 0 saturated heterocycles. The topological polar surface area (TPSA) is 63.1 Å². The summed E-state index contributed by atoms with van der Waals surface area (Å²) < 4.78 is 80.4. The fourth-order valence-corrected chi connectivity index (χ4v) is 3.18. The molecule has 3 aromatic rings. The average molecular weight is 441 g/mol. The second-order valence-corrected chi connectivity index (χ2v) is 6.62. The van der Waals surface area contributed by atoms with Gasteiger partial charge in [0, 0.05) is 36.6 Å². The number of pyridine rings is 1. The lowest BCUT2D eigenvalue weighted by atomic mass is 10.1. The molecule has 1 aliphatic rings. The monoisotopic (exact) mass is 441 g/mol. The molecule has 1 aromatic carbocycles. The van der Waals surface area contributed by atoms with Gasteiger partial charge in [0.2, 0.25) is 5.95 Å². The summed E-state index contributed by atoms with van der Waals surface area (Å²) in [5.74, 6) is -8.99. The molecule has 3 heterocycles. The molecule has 0 fully saturated rings. The molecule has 4 rings (SSSR count). The number of aromatic nitrogens is 3. The highest BCUT2D eigenvalue weighted by molar-refractivity contribution is 5.99. The van der Waals surface area contributed by atoms with Gasteiger partial charge in [0.05, 0.1) is 5.69 Å². The molecule has 6 nitrogen and oxygen atoms in total. The van der Waals surface area contributed by atoms with E-state index in [1.807, 2.05) is 0 Å². The Morgan fingerprint density at radius 1 is 0.968 bits per heavy atom. The third-order valence-corrected chi connectivity index (χ3v) is 4.65. The molecule has 2 aromatic heterocycles. The number of alkyl halides is 5. The van der Waals surface area contributed by atoms with E-state index in [1.54, 1.807) is 12.1 Å². The summed E-state index contributed by atoms with van der Waals surface area (Å²) in [4.78, 5) is 20.6. The molecule has 0 saturated carbocycles. The summed E-state index contributed by atoms with van der Waals surface area (Å²) in [5, 5.41) is 0. The lowest BCUT2D eigenvalue weighted by molar-refractivity contribution is -0.268. The molecular weight excluding hydrogens is 428 g/mol. The summed E-state index contributed by atoms with van der Waals surface area (Å²) >= 11 is 0. The molecule has 1 aliphatic heterocycles. The van der Waals surface area contributed by atoms with E-state index < -0.39 is 36.3 Å². The SMILES string of the molecule is O=C(N1CCNn2c1nc(-c1ccc(F)cc1)c2-c1ccncc1)C(F)(F)C(F)(F)F. The van der Waals surface area contributed by atoms with Gasteiger partial charge >= 0.3 is 18.0 Å². The first-order valence-corrected chi connectivity index (χ1v) is 8.90. The van der Waals surface area contributed by atoms with Crippen molar-refractivity contribution in [2.75, 3.05) is 23.4 Å². The number of nitrogens with one attached hydrogen (secondary N) is 1. The number of amides is 1. The maximum atomic E-state index is 13.8. The zero-order valence-corrected chi connectivity index (χ0v) is 15.5. The maximum absolute atomic E-state index is 13.8. The van der Waals surface area contributed by atoms with Gasteiger partial charge in [-0.15, -0.1) is 0 Å². The van der Waals surface area contributed by atoms with Crippen LogP contribution in [0.2, 0.25) is 0 Å². The van der Waals surface area contributed by atoms with E-state index in [-0.39, 0.29) is 17.9 Å². The molecule has 162 valence electrons. The van der Waals surface area contributed by atoms with Crippen LogP contribution < -0.4 is 10.3 Å². The largest absolute Gasteiger partial charge is 0.463 e. The van der Waals surface area contributed by atoms with Gasteiger partial charge in [0.25, 0.3) is 0 Å². The Bertz CT molecular complexity index is 1110. The summed E-state index contributed by atoms with van der Waals surface area (Å²) in [6, 6.07) is 8.21. The van der Waals surface area contributed by atoms with E-state index in [9.17, 15) is 31.1 Å². The van der Waals surface area contributed by atoms with Crippen molar-refractivity contribution in [3.63, 3.8) is 0 Å². The number of rotatable bonds is 3. The summed E-state index contributed by atoms with van der Waals surface area (Å²) in [7, 11) is 0. The Balaban J connectivity index is 1.90. The van der Waals surface area contributed by atoms with E-state index in [0.29, 0.717) is 16.0 Å². The average Bonchev–Trinajstić information content (AvgIpc) is 3.13. The number of halogens is 6. The van der Waals surface area contributed by atoms with E-state index in [0.717, 1.165) is 12.1 Å². The van der Waals surface area contributed by atoms with Gasteiger partial charge in [0.15, 0.2) is 0 Å². The second-order valence-electron chi connectivity index (χ2n) is 6.62. The van der Waals surface area contributed by atoms with Crippen LogP contribution in [0.25, 0.3) is 22.5 Å². The van der Waals surface area contributed by atoms with Crippen molar-refractivity contribution in [1.82, 2.24) is 14.6 Å². The first-order valence-electron chi connectivity index (χ1n) is 8.90. The Hall–Kier alpha value is -3.57. The standard InChI is InChI=1S/C19H13F6N5O/c20-13-3-1-11(2-4-13)14-15(12-5-7-26-8-6-12)30-17(28-14)29(10-9-27-30)16(31)18(21,22)19(23,24)25/h1-8,27H,9-10H2. The van der Waals surface area contributed by atoms with Crippen LogP contribution in [0, 0.1) is 5.82 Å². The summed E-state index contributed by atoms with van der Waals surface area (Å²) in [6.45, 7) is -0.565. The van der Waals surface area contributed by atoms with Crippen LogP contribution in [0.3, 0.4) is 0 Å². The Kier molecular flexibility index (Phi) is 4.86. The molecule has 1 amide bonds. The molecule has 12 heteroatoms. The minimum Gasteiger partial charge on any atom is -0.321 e. The fraction of sp³-hybridized carbons (Fsp3) is 0.211. The molecule has 0 unspecified atom stereocenters. The second kappa shape index (κ2) is 7.29. The van der Waals surface area contributed by atoms with Crippen LogP contribution in [0.4, 0.5) is 32.3 Å². The molecule has 0 bridgehead atoms. The number of carbonyl (C=O) groups is 1. The molecule has 1 N–H and O–H groups in total. The minimum atomic E-state index is -6.06. The van der Waals surface area contributed by atoms with E-state index >= 15 is 0 Å². The highest BCUT2D eigenvalue weighted by Gasteiger charge is 2.65. The molecule has 0 radical (unpaired) electrons. The highest BCUT2D eigenvalue weighted by Crippen LogP contribution is 2.40. The van der Waals surface area contributed by atoms with Gasteiger partial charge in [-0.25, -0.2) is 14.1 Å². The van der Waals surface area contributed by atoms with Crippen LogP contribution in [0.5, 0.6) is 0 Å². The van der Waals surface area contributed by atoms with Crippen LogP contribution in [0.15, 0.2) is 48.8 Å². The normalized spacial score (nSPS) is 14.2. The van der Waals surface area contributed by atoms with Gasteiger partial charge < -0.3 is 5.43 Å². The van der Waals surface area contributed by atoms with Gasteiger partial charge in [-0.3, -0.25) is 14.7 Å². The molecular formula is C19H13F6N5O. The molecule has 0 aliphatic carbocycles. The van der Waals surface area contributed by atoms with Crippen molar-refractivity contribution in [3.05, 3.63) is 54.6 Å². The lowest BCUT2D eigenvalue weighted by Gasteiger charge is -2.31. The van der Waals surface area contributed by atoms with Crippen LogP contribution >= 0.6 is 0 Å². The minimum absolute atomic E-state index is 0.107. The van der Waals surface area contributed by atoms with Crippen LogP contribution in [-0.2, 0) is 4.79 Å². The first-order chi connectivity index (χ1) is 14.6. The lowest BCUT2D eigenvalue weighted by Crippen LogP contribution is -2.55. The van der Waals surface area contributed by atoms with Crippen LogP contribution in [0.1, 0.15) is 0 Å². The molecule has 0 spiro atoms. The van der Waals surface area contributed by atoms with Crippen molar-refractivity contribution in [2.45, 2.75) is 12.1 Å². The highest BCUT2D eigenvalue weighted by atomic mass is 19.4. The van der Waals surface area contributed by atoms with E-state index in [4.69, 9.17) is 0 Å². The van der Waals surface area contributed by atoms with Crippen molar-refractivity contribution in [1.29, 1.82) is 0 Å². The first kappa shape index (κ1) is 20.7. The quantitative estimate of drug-likeness (QED) is 0.628. The zero-order valence-electron chi connectivity index (χ0n) is 15.5. The predicted molar refractivity (Wildman–Crippen MR) is 98.4 cm³/mol. The predicted octanol–water partition coefficient (Wildman–Crippen LogP) is 3.84. The van der Waals surface area contributed by atoms with Crippen molar-refractivity contribution < 1.29 is 31.1 Å². The van der Waals surface area contributed by atoms with Gasteiger partial charge in [-0.05, 0) is 36.4 Å². The number of imidazole rings is 1. The third-order valence-electron chi connectivity index (χ3n) is 4.65. The number of carbonyl (C=O) groups excluding carboxylic acids is 1. The van der Waals surface area contributed by atoms with Gasteiger partial charge in [-0.2, -0.15) is 22.0 Å². The summed E-state index contributed by atoms with van der Waals surface area (Å²) in [6.07, 6.45) is -3.15. The van der Waals surface area contributed by atoms with Gasteiger partial charge in [-0.1, -0.05) is 0 Å². The number of benzene rings is 1.